The Morgan fingerprint density at radius 2 is 2.00 bits per heavy atom. The van der Waals surface area contributed by atoms with E-state index in [-0.39, 0.29) is 5.02 Å². The Balaban J connectivity index is 1.82. The Morgan fingerprint density at radius 1 is 1.25 bits per heavy atom. The summed E-state index contributed by atoms with van der Waals surface area (Å²) < 4.78 is 24.6. The van der Waals surface area contributed by atoms with Gasteiger partial charge in [-0.25, -0.2) is 9.18 Å². The number of aliphatic carboxylic acids is 1. The zero-order valence-corrected chi connectivity index (χ0v) is 16.8. The van der Waals surface area contributed by atoms with Gasteiger partial charge in [0.05, 0.1) is 11.6 Å². The van der Waals surface area contributed by atoms with E-state index in [4.69, 9.17) is 26.2 Å². The molecule has 0 saturated carbocycles. The Kier molecular flexibility index (Phi) is 7.31. The number of ether oxygens (including phenoxy) is 2. The topological polar surface area (TPSA) is 55.8 Å². The number of hydrogen-bond donors (Lipinski definition) is 1. The van der Waals surface area contributed by atoms with Crippen LogP contribution in [0.15, 0.2) is 36.4 Å². The molecule has 0 aromatic heterocycles. The number of benzene rings is 2. The third kappa shape index (κ3) is 6.17. The molecule has 0 aliphatic heterocycles. The van der Waals surface area contributed by atoms with Crippen molar-refractivity contribution in [3.8, 4) is 23.3 Å². The van der Waals surface area contributed by atoms with Crippen molar-refractivity contribution in [3.63, 3.8) is 0 Å². The lowest BCUT2D eigenvalue weighted by molar-refractivity contribution is -0.152. The van der Waals surface area contributed by atoms with Crippen LogP contribution in [-0.4, -0.2) is 23.3 Å². The average molecular weight is 405 g/mol. The molecular formula is C22H22ClFO4. The van der Waals surface area contributed by atoms with Gasteiger partial charge in [-0.1, -0.05) is 23.4 Å². The highest BCUT2D eigenvalue weighted by atomic mass is 35.5. The van der Waals surface area contributed by atoms with Crippen LogP contribution in [0, 0.1) is 24.6 Å². The summed E-state index contributed by atoms with van der Waals surface area (Å²) >= 11 is 5.63. The Hall–Kier alpha value is -2.71. The molecule has 2 aromatic rings. The first-order valence-electron chi connectivity index (χ1n) is 8.79. The molecule has 0 bridgehead atoms. The quantitative estimate of drug-likeness (QED) is 0.506. The SMILES string of the molecule is Cc1cc(OCCCC#Cc2ccc(Cl)c(F)c2)ccc1OC(C)(C)C(=O)O. The molecule has 148 valence electrons. The van der Waals surface area contributed by atoms with E-state index in [1.54, 1.807) is 24.3 Å². The third-order valence-corrected chi connectivity index (χ3v) is 4.20. The number of unbranched alkanes of at least 4 members (excludes halogenated alkanes) is 1. The summed E-state index contributed by atoms with van der Waals surface area (Å²) in [5.74, 6) is 5.53. The molecule has 0 aliphatic rings. The second kappa shape index (κ2) is 9.48. The van der Waals surface area contributed by atoms with Crippen molar-refractivity contribution in [2.75, 3.05) is 6.61 Å². The van der Waals surface area contributed by atoms with Gasteiger partial charge in [0, 0.05) is 12.0 Å². The Morgan fingerprint density at radius 3 is 2.64 bits per heavy atom. The summed E-state index contributed by atoms with van der Waals surface area (Å²) in [6.45, 7) is 5.30. The molecule has 0 heterocycles. The zero-order valence-electron chi connectivity index (χ0n) is 16.0. The van der Waals surface area contributed by atoms with Crippen molar-refractivity contribution in [2.45, 2.75) is 39.2 Å². The predicted molar refractivity (Wildman–Crippen MR) is 107 cm³/mol. The smallest absolute Gasteiger partial charge is 0.347 e. The van der Waals surface area contributed by atoms with Gasteiger partial charge in [0.25, 0.3) is 0 Å². The summed E-state index contributed by atoms with van der Waals surface area (Å²) in [5.41, 5.74) is 0.0634. The Bertz CT molecular complexity index is 912. The van der Waals surface area contributed by atoms with E-state index in [1.807, 2.05) is 6.92 Å². The molecule has 0 spiro atoms. The molecular weight excluding hydrogens is 383 g/mol. The molecule has 28 heavy (non-hydrogen) atoms. The van der Waals surface area contributed by atoms with E-state index in [0.717, 1.165) is 5.56 Å². The maximum atomic E-state index is 13.3. The lowest BCUT2D eigenvalue weighted by Crippen LogP contribution is -2.38. The van der Waals surface area contributed by atoms with Gasteiger partial charge < -0.3 is 14.6 Å². The van der Waals surface area contributed by atoms with Crippen molar-refractivity contribution >= 4 is 17.6 Å². The van der Waals surface area contributed by atoms with Gasteiger partial charge in [-0.05, 0) is 69.2 Å². The minimum atomic E-state index is -1.31. The molecule has 2 rings (SSSR count). The van der Waals surface area contributed by atoms with Gasteiger partial charge in [-0.15, -0.1) is 0 Å². The fourth-order valence-electron chi connectivity index (χ4n) is 2.23. The van der Waals surface area contributed by atoms with Gasteiger partial charge >= 0.3 is 5.97 Å². The lowest BCUT2D eigenvalue weighted by Gasteiger charge is -2.23. The highest BCUT2D eigenvalue weighted by Gasteiger charge is 2.29. The van der Waals surface area contributed by atoms with Crippen LogP contribution in [0.3, 0.4) is 0 Å². The van der Waals surface area contributed by atoms with Crippen LogP contribution >= 0.6 is 11.6 Å². The van der Waals surface area contributed by atoms with Crippen LogP contribution in [-0.2, 0) is 4.79 Å². The van der Waals surface area contributed by atoms with E-state index in [0.29, 0.717) is 36.5 Å². The molecule has 0 fully saturated rings. The highest BCUT2D eigenvalue weighted by Crippen LogP contribution is 2.27. The van der Waals surface area contributed by atoms with Crippen molar-refractivity contribution in [3.05, 3.63) is 58.4 Å². The van der Waals surface area contributed by atoms with E-state index in [1.165, 1.54) is 26.0 Å². The predicted octanol–water partition coefficient (Wildman–Crippen LogP) is 5.24. The molecule has 0 aliphatic carbocycles. The first-order chi connectivity index (χ1) is 13.2. The van der Waals surface area contributed by atoms with Crippen LogP contribution < -0.4 is 9.47 Å². The number of carboxylic acids is 1. The van der Waals surface area contributed by atoms with E-state index in [2.05, 4.69) is 11.8 Å². The normalized spacial score (nSPS) is 10.8. The number of rotatable bonds is 7. The molecule has 4 nitrogen and oxygen atoms in total. The van der Waals surface area contributed by atoms with E-state index >= 15 is 0 Å². The Labute approximate surface area is 169 Å². The van der Waals surface area contributed by atoms with Crippen molar-refractivity contribution < 1.29 is 23.8 Å². The number of aryl methyl sites for hydroxylation is 1. The van der Waals surface area contributed by atoms with Gasteiger partial charge in [-0.3, -0.25) is 0 Å². The average Bonchev–Trinajstić information content (AvgIpc) is 2.63. The first-order valence-corrected chi connectivity index (χ1v) is 9.16. The number of hydrogen-bond acceptors (Lipinski definition) is 3. The van der Waals surface area contributed by atoms with E-state index in [9.17, 15) is 9.18 Å². The van der Waals surface area contributed by atoms with Crippen LogP contribution in [0.25, 0.3) is 0 Å². The molecule has 6 heteroatoms. The van der Waals surface area contributed by atoms with Gasteiger partial charge in [0.2, 0.25) is 0 Å². The van der Waals surface area contributed by atoms with Crippen molar-refractivity contribution in [2.24, 2.45) is 0 Å². The summed E-state index contributed by atoms with van der Waals surface area (Å²) in [5, 5.41) is 9.23. The maximum absolute atomic E-state index is 13.3. The molecule has 2 aromatic carbocycles. The number of halogens is 2. The van der Waals surface area contributed by atoms with Crippen molar-refractivity contribution in [1.29, 1.82) is 0 Å². The van der Waals surface area contributed by atoms with Gasteiger partial charge in [0.1, 0.15) is 17.3 Å². The molecule has 0 radical (unpaired) electrons. The fraction of sp³-hybridized carbons (Fsp3) is 0.318. The molecule has 0 amide bonds. The number of carboxylic acid groups (broad SMARTS) is 1. The summed E-state index contributed by atoms with van der Waals surface area (Å²) in [6, 6.07) is 9.70. The zero-order chi connectivity index (χ0) is 20.7. The number of carbonyl (C=O) groups is 1. The van der Waals surface area contributed by atoms with E-state index < -0.39 is 17.4 Å². The van der Waals surface area contributed by atoms with Crippen molar-refractivity contribution in [1.82, 2.24) is 0 Å². The molecule has 0 unspecified atom stereocenters. The van der Waals surface area contributed by atoms with Gasteiger partial charge in [-0.2, -0.15) is 0 Å². The van der Waals surface area contributed by atoms with Gasteiger partial charge in [0.15, 0.2) is 5.60 Å². The second-order valence-corrected chi connectivity index (χ2v) is 7.13. The van der Waals surface area contributed by atoms with Crippen LogP contribution in [0.1, 0.15) is 37.8 Å². The van der Waals surface area contributed by atoms with Crippen LogP contribution in [0.2, 0.25) is 5.02 Å². The monoisotopic (exact) mass is 404 g/mol. The van der Waals surface area contributed by atoms with Crippen LogP contribution in [0.4, 0.5) is 4.39 Å². The fourth-order valence-corrected chi connectivity index (χ4v) is 2.35. The summed E-state index contributed by atoms with van der Waals surface area (Å²) in [4.78, 5) is 11.2. The summed E-state index contributed by atoms with van der Waals surface area (Å²) in [7, 11) is 0. The third-order valence-electron chi connectivity index (χ3n) is 3.89. The standard InChI is InChI=1S/C22H22ClFO4/c1-15-13-17(9-11-20(15)28-22(2,3)21(25)26)27-12-6-4-5-7-16-8-10-18(23)19(24)14-16/h8-11,13-14H,4,6,12H2,1-3H3,(H,25,26). The first kappa shape index (κ1) is 21.6. The minimum absolute atomic E-state index is 0.0807. The second-order valence-electron chi connectivity index (χ2n) is 6.73. The van der Waals surface area contributed by atoms with Crippen LogP contribution in [0.5, 0.6) is 11.5 Å². The lowest BCUT2D eigenvalue weighted by atomic mass is 10.1. The largest absolute Gasteiger partial charge is 0.494 e. The highest BCUT2D eigenvalue weighted by molar-refractivity contribution is 6.30. The molecule has 0 atom stereocenters. The molecule has 1 N–H and O–H groups in total. The summed E-state index contributed by atoms with van der Waals surface area (Å²) in [6.07, 6.45) is 1.32. The molecule has 0 saturated heterocycles. The minimum Gasteiger partial charge on any atom is -0.494 e. The maximum Gasteiger partial charge on any atom is 0.347 e.